The third kappa shape index (κ3) is 3.69. The van der Waals surface area contributed by atoms with Crippen molar-refractivity contribution in [1.82, 2.24) is 4.90 Å². The molecule has 5 heteroatoms. The summed E-state index contributed by atoms with van der Waals surface area (Å²) in [5, 5.41) is 8.74. The molecule has 0 saturated carbocycles. The SMILES string of the molecule is CCN(CC(=O)O)C(=O)c1cc(C)ccc1I. The number of carbonyl (C=O) groups is 2. The van der Waals surface area contributed by atoms with Gasteiger partial charge in [0.25, 0.3) is 5.91 Å². The van der Waals surface area contributed by atoms with Crippen LogP contribution in [-0.4, -0.2) is 35.0 Å². The Hall–Kier alpha value is -1.11. The van der Waals surface area contributed by atoms with E-state index in [9.17, 15) is 9.59 Å². The highest BCUT2D eigenvalue weighted by Crippen LogP contribution is 2.16. The molecule has 0 spiro atoms. The van der Waals surface area contributed by atoms with Crippen LogP contribution in [0.4, 0.5) is 0 Å². The zero-order valence-electron chi connectivity index (χ0n) is 9.74. The van der Waals surface area contributed by atoms with Crippen molar-refractivity contribution in [3.8, 4) is 0 Å². The van der Waals surface area contributed by atoms with Gasteiger partial charge in [-0.2, -0.15) is 0 Å². The number of hydrogen-bond donors (Lipinski definition) is 1. The second-order valence-corrected chi connectivity index (χ2v) is 4.86. The zero-order valence-corrected chi connectivity index (χ0v) is 11.9. The Balaban J connectivity index is 3.01. The fourth-order valence-corrected chi connectivity index (χ4v) is 2.03. The Morgan fingerprint density at radius 3 is 2.59 bits per heavy atom. The first-order valence-corrected chi connectivity index (χ1v) is 6.30. The van der Waals surface area contributed by atoms with E-state index in [1.165, 1.54) is 4.90 Å². The molecule has 1 rings (SSSR count). The van der Waals surface area contributed by atoms with Crippen LogP contribution >= 0.6 is 22.6 Å². The largest absolute Gasteiger partial charge is 0.480 e. The molecule has 0 aliphatic carbocycles. The van der Waals surface area contributed by atoms with Crippen molar-refractivity contribution in [2.75, 3.05) is 13.1 Å². The summed E-state index contributed by atoms with van der Waals surface area (Å²) in [7, 11) is 0. The van der Waals surface area contributed by atoms with E-state index in [0.717, 1.165) is 9.13 Å². The van der Waals surface area contributed by atoms with Gasteiger partial charge in [-0.1, -0.05) is 11.6 Å². The number of carboxylic acids is 1. The van der Waals surface area contributed by atoms with Gasteiger partial charge in [0.1, 0.15) is 6.54 Å². The third-order valence-corrected chi connectivity index (χ3v) is 3.29. The van der Waals surface area contributed by atoms with Crippen LogP contribution in [0.5, 0.6) is 0 Å². The number of hydrogen-bond acceptors (Lipinski definition) is 2. The summed E-state index contributed by atoms with van der Waals surface area (Å²) >= 11 is 2.08. The van der Waals surface area contributed by atoms with Crippen molar-refractivity contribution >= 4 is 34.5 Å². The molecule has 0 unspecified atom stereocenters. The van der Waals surface area contributed by atoms with Crippen molar-refractivity contribution in [3.63, 3.8) is 0 Å². The van der Waals surface area contributed by atoms with Crippen LogP contribution in [0.1, 0.15) is 22.8 Å². The lowest BCUT2D eigenvalue weighted by Crippen LogP contribution is -2.35. The van der Waals surface area contributed by atoms with Gasteiger partial charge in [-0.05, 0) is 48.6 Å². The van der Waals surface area contributed by atoms with Crippen LogP contribution in [0.2, 0.25) is 0 Å². The maximum Gasteiger partial charge on any atom is 0.323 e. The van der Waals surface area contributed by atoms with Gasteiger partial charge in [0.05, 0.1) is 5.56 Å². The van der Waals surface area contributed by atoms with Crippen LogP contribution in [0.3, 0.4) is 0 Å². The second-order valence-electron chi connectivity index (χ2n) is 3.70. The van der Waals surface area contributed by atoms with E-state index in [1.54, 1.807) is 13.0 Å². The fourth-order valence-electron chi connectivity index (χ4n) is 1.46. The molecule has 0 fully saturated rings. The minimum Gasteiger partial charge on any atom is -0.480 e. The summed E-state index contributed by atoms with van der Waals surface area (Å²) in [6, 6.07) is 5.57. The number of carbonyl (C=O) groups excluding carboxylic acids is 1. The molecule has 0 aliphatic rings. The molecule has 92 valence electrons. The summed E-state index contributed by atoms with van der Waals surface area (Å²) in [4.78, 5) is 24.1. The van der Waals surface area contributed by atoms with E-state index in [0.29, 0.717) is 12.1 Å². The van der Waals surface area contributed by atoms with Gasteiger partial charge in [-0.15, -0.1) is 0 Å². The Labute approximate surface area is 114 Å². The molecule has 0 heterocycles. The Morgan fingerprint density at radius 2 is 2.06 bits per heavy atom. The zero-order chi connectivity index (χ0) is 13.0. The highest BCUT2D eigenvalue weighted by atomic mass is 127. The molecular weight excluding hydrogens is 333 g/mol. The predicted octanol–water partition coefficient (Wildman–Crippen LogP) is 2.15. The second kappa shape index (κ2) is 6.00. The van der Waals surface area contributed by atoms with Crippen molar-refractivity contribution in [2.45, 2.75) is 13.8 Å². The van der Waals surface area contributed by atoms with E-state index in [2.05, 4.69) is 22.6 Å². The normalized spacial score (nSPS) is 10.1. The minimum absolute atomic E-state index is 0.233. The summed E-state index contributed by atoms with van der Waals surface area (Å²) in [6.07, 6.45) is 0. The molecule has 0 bridgehead atoms. The Kier molecular flexibility index (Phi) is 4.92. The molecule has 0 atom stereocenters. The van der Waals surface area contributed by atoms with Gasteiger partial charge in [-0.25, -0.2) is 0 Å². The topological polar surface area (TPSA) is 57.6 Å². The number of halogens is 1. The van der Waals surface area contributed by atoms with Gasteiger partial charge in [0.15, 0.2) is 0 Å². The number of amides is 1. The molecule has 0 radical (unpaired) electrons. The molecule has 4 nitrogen and oxygen atoms in total. The number of carboxylic acid groups (broad SMARTS) is 1. The van der Waals surface area contributed by atoms with Gasteiger partial charge < -0.3 is 10.0 Å². The lowest BCUT2D eigenvalue weighted by Gasteiger charge is -2.19. The van der Waals surface area contributed by atoms with Crippen LogP contribution < -0.4 is 0 Å². The molecule has 0 aromatic heterocycles. The number of benzene rings is 1. The van der Waals surface area contributed by atoms with Crippen LogP contribution in [0.15, 0.2) is 18.2 Å². The van der Waals surface area contributed by atoms with Gasteiger partial charge >= 0.3 is 5.97 Å². The molecule has 0 aliphatic heterocycles. The highest BCUT2D eigenvalue weighted by Gasteiger charge is 2.18. The average Bonchev–Trinajstić information content (AvgIpc) is 2.28. The van der Waals surface area contributed by atoms with Crippen molar-refractivity contribution in [3.05, 3.63) is 32.9 Å². The summed E-state index contributed by atoms with van der Waals surface area (Å²) in [6.45, 7) is 3.79. The number of nitrogens with zero attached hydrogens (tertiary/aromatic N) is 1. The smallest absolute Gasteiger partial charge is 0.323 e. The molecule has 1 aromatic carbocycles. The van der Waals surface area contributed by atoms with Gasteiger partial charge in [-0.3, -0.25) is 9.59 Å². The number of aliphatic carboxylic acids is 1. The lowest BCUT2D eigenvalue weighted by molar-refractivity contribution is -0.137. The maximum atomic E-state index is 12.1. The molecule has 0 saturated heterocycles. The first-order chi connectivity index (χ1) is 7.95. The predicted molar refractivity (Wildman–Crippen MR) is 73.1 cm³/mol. The molecular formula is C12H14INO3. The molecule has 17 heavy (non-hydrogen) atoms. The van der Waals surface area contributed by atoms with Crippen LogP contribution in [-0.2, 0) is 4.79 Å². The molecule has 1 aromatic rings. The van der Waals surface area contributed by atoms with E-state index >= 15 is 0 Å². The fraction of sp³-hybridized carbons (Fsp3) is 0.333. The quantitative estimate of drug-likeness (QED) is 0.850. The van der Waals surface area contributed by atoms with E-state index in [4.69, 9.17) is 5.11 Å². The van der Waals surface area contributed by atoms with E-state index < -0.39 is 5.97 Å². The average molecular weight is 347 g/mol. The first-order valence-electron chi connectivity index (χ1n) is 5.23. The number of rotatable bonds is 4. The summed E-state index contributed by atoms with van der Waals surface area (Å²) in [5.41, 5.74) is 1.55. The molecule has 1 amide bonds. The number of aryl methyl sites for hydroxylation is 1. The molecule has 1 N–H and O–H groups in total. The standard InChI is InChI=1S/C12H14INO3/c1-3-14(7-11(15)16)12(17)9-6-8(2)4-5-10(9)13/h4-6H,3,7H2,1-2H3,(H,15,16). The minimum atomic E-state index is -0.997. The summed E-state index contributed by atoms with van der Waals surface area (Å²) in [5.74, 6) is -1.23. The van der Waals surface area contributed by atoms with E-state index in [-0.39, 0.29) is 12.5 Å². The summed E-state index contributed by atoms with van der Waals surface area (Å²) < 4.78 is 0.835. The van der Waals surface area contributed by atoms with Crippen molar-refractivity contribution < 1.29 is 14.7 Å². The van der Waals surface area contributed by atoms with E-state index in [1.807, 2.05) is 19.1 Å². The monoisotopic (exact) mass is 347 g/mol. The van der Waals surface area contributed by atoms with Crippen molar-refractivity contribution in [1.29, 1.82) is 0 Å². The third-order valence-electron chi connectivity index (χ3n) is 2.35. The van der Waals surface area contributed by atoms with Gasteiger partial charge in [0.2, 0.25) is 0 Å². The number of likely N-dealkylation sites (N-methyl/N-ethyl adjacent to an activating group) is 1. The highest BCUT2D eigenvalue weighted by molar-refractivity contribution is 14.1. The lowest BCUT2D eigenvalue weighted by atomic mass is 10.1. The van der Waals surface area contributed by atoms with Gasteiger partial charge in [0, 0.05) is 10.1 Å². The van der Waals surface area contributed by atoms with Crippen molar-refractivity contribution in [2.24, 2.45) is 0 Å². The maximum absolute atomic E-state index is 12.1. The Bertz CT molecular complexity index is 445. The first kappa shape index (κ1) is 14.0. The van der Waals surface area contributed by atoms with Crippen LogP contribution in [0, 0.1) is 10.5 Å². The van der Waals surface area contributed by atoms with Crippen LogP contribution in [0.25, 0.3) is 0 Å². The Morgan fingerprint density at radius 1 is 1.41 bits per heavy atom.